The lowest BCUT2D eigenvalue weighted by Gasteiger charge is -2.05. The number of hydrogen-bond donors (Lipinski definition) is 1. The van der Waals surface area contributed by atoms with Crippen LogP contribution in [0.2, 0.25) is 0 Å². The topological polar surface area (TPSA) is 75.6 Å². The van der Waals surface area contributed by atoms with Gasteiger partial charge < -0.3 is 5.32 Å². The number of aliphatic imine (C=N–C) groups is 1. The molecule has 102 valence electrons. The Hall–Kier alpha value is -1.95. The van der Waals surface area contributed by atoms with Crippen molar-refractivity contribution in [3.05, 3.63) is 42.5 Å². The highest BCUT2D eigenvalue weighted by Crippen LogP contribution is 2.10. The minimum atomic E-state index is -3.19. The number of sulfone groups is 1. The van der Waals surface area contributed by atoms with Crippen LogP contribution in [-0.2, 0) is 21.2 Å². The Kier molecular flexibility index (Phi) is 5.00. The summed E-state index contributed by atoms with van der Waals surface area (Å²) >= 11 is 0. The van der Waals surface area contributed by atoms with Crippen molar-refractivity contribution in [2.24, 2.45) is 4.99 Å². The van der Waals surface area contributed by atoms with E-state index in [9.17, 15) is 13.2 Å². The van der Waals surface area contributed by atoms with Gasteiger partial charge in [-0.05, 0) is 23.8 Å². The minimum Gasteiger partial charge on any atom is -0.347 e. The summed E-state index contributed by atoms with van der Waals surface area (Å²) in [6.45, 7) is 3.79. The van der Waals surface area contributed by atoms with Crippen molar-refractivity contribution in [1.82, 2.24) is 5.32 Å². The van der Waals surface area contributed by atoms with Gasteiger partial charge in [-0.25, -0.2) is 8.42 Å². The highest BCUT2D eigenvalue weighted by Gasteiger charge is 2.08. The number of benzene rings is 1. The molecule has 1 rings (SSSR count). The van der Waals surface area contributed by atoms with Crippen LogP contribution in [0.3, 0.4) is 0 Å². The van der Waals surface area contributed by atoms with Gasteiger partial charge in [-0.15, -0.1) is 0 Å². The van der Waals surface area contributed by atoms with Crippen LogP contribution in [0.5, 0.6) is 0 Å². The maximum absolute atomic E-state index is 11.6. The first kappa shape index (κ1) is 15.1. The third-order valence-electron chi connectivity index (χ3n) is 2.47. The Morgan fingerprint density at radius 3 is 2.37 bits per heavy atom. The third kappa shape index (κ3) is 4.33. The van der Waals surface area contributed by atoms with Crippen LogP contribution in [0.15, 0.2) is 46.8 Å². The zero-order chi connectivity index (χ0) is 14.5. The van der Waals surface area contributed by atoms with Gasteiger partial charge in [-0.2, -0.15) is 0 Å². The number of amides is 1. The molecule has 0 spiro atoms. The maximum atomic E-state index is 11.6. The second-order valence-corrected chi connectivity index (χ2v) is 5.93. The summed E-state index contributed by atoms with van der Waals surface area (Å²) in [5.74, 6) is -0.315. The van der Waals surface area contributed by atoms with E-state index in [-0.39, 0.29) is 16.5 Å². The van der Waals surface area contributed by atoms with Gasteiger partial charge in [0.05, 0.1) is 4.90 Å². The molecule has 0 saturated carbocycles. The van der Waals surface area contributed by atoms with E-state index in [0.29, 0.717) is 6.54 Å². The molecule has 0 aliphatic rings. The lowest BCUT2D eigenvalue weighted by atomic mass is 10.2. The van der Waals surface area contributed by atoms with E-state index in [4.69, 9.17) is 0 Å². The first-order chi connectivity index (χ1) is 8.88. The van der Waals surface area contributed by atoms with Gasteiger partial charge in [0.1, 0.15) is 5.71 Å². The molecule has 0 bridgehead atoms. The van der Waals surface area contributed by atoms with Crippen molar-refractivity contribution in [3.8, 4) is 0 Å². The van der Waals surface area contributed by atoms with Crippen molar-refractivity contribution in [2.75, 3.05) is 13.3 Å². The average Bonchev–Trinajstić information content (AvgIpc) is 2.37. The van der Waals surface area contributed by atoms with E-state index >= 15 is 0 Å². The Balaban J connectivity index is 2.70. The predicted molar refractivity (Wildman–Crippen MR) is 75.0 cm³/mol. The third-order valence-corrected chi connectivity index (χ3v) is 3.60. The molecule has 1 N–H and O–H groups in total. The van der Waals surface area contributed by atoms with Gasteiger partial charge in [0.15, 0.2) is 9.84 Å². The van der Waals surface area contributed by atoms with Crippen molar-refractivity contribution in [2.45, 2.75) is 11.4 Å². The summed E-state index contributed by atoms with van der Waals surface area (Å²) in [4.78, 5) is 15.6. The Bertz CT molecular complexity index is 601. The SMILES string of the molecule is C=CC(=NC)C(=O)NCc1ccc(S(C)(=O)=O)cc1. The van der Waals surface area contributed by atoms with Gasteiger partial charge in [0.2, 0.25) is 0 Å². The Morgan fingerprint density at radius 2 is 1.95 bits per heavy atom. The Morgan fingerprint density at radius 1 is 1.37 bits per heavy atom. The molecule has 0 heterocycles. The normalized spacial score (nSPS) is 12.0. The average molecular weight is 280 g/mol. The molecule has 0 radical (unpaired) electrons. The fourth-order valence-corrected chi connectivity index (χ4v) is 2.04. The van der Waals surface area contributed by atoms with Crippen LogP contribution in [0.25, 0.3) is 0 Å². The van der Waals surface area contributed by atoms with E-state index in [1.807, 2.05) is 0 Å². The summed E-state index contributed by atoms with van der Waals surface area (Å²) in [6.07, 6.45) is 2.53. The van der Waals surface area contributed by atoms with Crippen molar-refractivity contribution >= 4 is 21.5 Å². The molecule has 0 atom stereocenters. The molecular weight excluding hydrogens is 264 g/mol. The molecule has 0 saturated heterocycles. The highest BCUT2D eigenvalue weighted by atomic mass is 32.2. The van der Waals surface area contributed by atoms with Gasteiger partial charge in [0, 0.05) is 19.8 Å². The quantitative estimate of drug-likeness (QED) is 0.816. The second-order valence-electron chi connectivity index (χ2n) is 3.91. The predicted octanol–water partition coefficient (Wildman–Crippen LogP) is 0.963. The molecule has 0 aliphatic carbocycles. The molecule has 5 nitrogen and oxygen atoms in total. The summed E-state index contributed by atoms with van der Waals surface area (Å²) in [6, 6.07) is 6.35. The van der Waals surface area contributed by atoms with Crippen molar-refractivity contribution in [3.63, 3.8) is 0 Å². The van der Waals surface area contributed by atoms with E-state index in [1.165, 1.54) is 25.3 Å². The smallest absolute Gasteiger partial charge is 0.269 e. The first-order valence-corrected chi connectivity index (χ1v) is 7.44. The van der Waals surface area contributed by atoms with E-state index in [2.05, 4.69) is 16.9 Å². The first-order valence-electron chi connectivity index (χ1n) is 5.55. The molecule has 6 heteroatoms. The van der Waals surface area contributed by atoms with Crippen molar-refractivity contribution < 1.29 is 13.2 Å². The maximum Gasteiger partial charge on any atom is 0.269 e. The number of carbonyl (C=O) groups excluding carboxylic acids is 1. The standard InChI is InChI=1S/C13H16N2O3S/c1-4-12(14-2)13(16)15-9-10-5-7-11(8-6-10)19(3,17)18/h4-8H,1,9H2,2-3H3,(H,15,16). The zero-order valence-corrected chi connectivity index (χ0v) is 11.7. The number of carbonyl (C=O) groups is 1. The number of hydrogen-bond acceptors (Lipinski definition) is 4. The number of nitrogens with zero attached hydrogens (tertiary/aromatic N) is 1. The second kappa shape index (κ2) is 6.29. The molecule has 1 amide bonds. The van der Waals surface area contributed by atoms with Crippen LogP contribution < -0.4 is 5.32 Å². The fraction of sp³-hybridized carbons (Fsp3) is 0.231. The lowest BCUT2D eigenvalue weighted by Crippen LogP contribution is -2.29. The molecule has 0 aromatic heterocycles. The van der Waals surface area contributed by atoms with Crippen molar-refractivity contribution in [1.29, 1.82) is 0 Å². The summed E-state index contributed by atoms with van der Waals surface area (Å²) in [5.41, 5.74) is 1.06. The van der Waals surface area contributed by atoms with Crippen LogP contribution in [0.4, 0.5) is 0 Å². The summed E-state index contributed by atoms with van der Waals surface area (Å²) < 4.78 is 22.6. The summed E-state index contributed by atoms with van der Waals surface area (Å²) in [5, 5.41) is 2.67. The van der Waals surface area contributed by atoms with E-state index < -0.39 is 9.84 Å². The molecule has 19 heavy (non-hydrogen) atoms. The van der Waals surface area contributed by atoms with Crippen LogP contribution in [0.1, 0.15) is 5.56 Å². The van der Waals surface area contributed by atoms with Gasteiger partial charge in [-0.1, -0.05) is 18.7 Å². The van der Waals surface area contributed by atoms with Crippen LogP contribution >= 0.6 is 0 Å². The summed E-state index contributed by atoms with van der Waals surface area (Å²) in [7, 11) is -1.68. The molecule has 0 unspecified atom stereocenters. The highest BCUT2D eigenvalue weighted by molar-refractivity contribution is 7.90. The van der Waals surface area contributed by atoms with E-state index in [1.54, 1.807) is 12.1 Å². The number of nitrogens with one attached hydrogen (secondary N) is 1. The van der Waals surface area contributed by atoms with E-state index in [0.717, 1.165) is 11.8 Å². The minimum absolute atomic E-state index is 0.254. The monoisotopic (exact) mass is 280 g/mol. The molecular formula is C13H16N2O3S. The number of rotatable bonds is 5. The molecule has 1 aromatic rings. The van der Waals surface area contributed by atoms with Crippen LogP contribution in [-0.4, -0.2) is 33.3 Å². The lowest BCUT2D eigenvalue weighted by molar-refractivity contribution is -0.114. The zero-order valence-electron chi connectivity index (χ0n) is 10.9. The van der Waals surface area contributed by atoms with Crippen LogP contribution in [0, 0.1) is 0 Å². The fourth-order valence-electron chi connectivity index (χ4n) is 1.41. The van der Waals surface area contributed by atoms with Gasteiger partial charge in [-0.3, -0.25) is 9.79 Å². The molecule has 1 aromatic carbocycles. The molecule has 0 aliphatic heterocycles. The largest absolute Gasteiger partial charge is 0.347 e. The van der Waals surface area contributed by atoms with Gasteiger partial charge in [0.25, 0.3) is 5.91 Å². The Labute approximate surface area is 113 Å². The molecule has 0 fully saturated rings. The van der Waals surface area contributed by atoms with Gasteiger partial charge >= 0.3 is 0 Å².